The molecule has 1 aliphatic rings. The van der Waals surface area contributed by atoms with Crippen LogP contribution in [0.1, 0.15) is 22.9 Å². The molecule has 2 heterocycles. The second kappa shape index (κ2) is 6.86. The monoisotopic (exact) mass is 396 g/mol. The van der Waals surface area contributed by atoms with Gasteiger partial charge in [-0.05, 0) is 41.5 Å². The summed E-state index contributed by atoms with van der Waals surface area (Å²) in [5.74, 6) is 0.820. The molecule has 1 amide bonds. The number of carbonyl (C=O) groups excluding carboxylic acids is 1. The molecule has 3 aromatic rings. The van der Waals surface area contributed by atoms with Crippen LogP contribution in [0.2, 0.25) is 0 Å². The van der Waals surface area contributed by atoms with E-state index in [1.807, 2.05) is 42.5 Å². The van der Waals surface area contributed by atoms with Gasteiger partial charge in [0.15, 0.2) is 0 Å². The van der Waals surface area contributed by atoms with Gasteiger partial charge in [0.2, 0.25) is 5.91 Å². The molecule has 0 saturated carbocycles. The van der Waals surface area contributed by atoms with Gasteiger partial charge in [0.05, 0.1) is 25.4 Å². The Bertz CT molecular complexity index is 878. The predicted octanol–water partition coefficient (Wildman–Crippen LogP) is 4.59. The van der Waals surface area contributed by atoms with Crippen LogP contribution in [0, 0.1) is 0 Å². The average molecular weight is 397 g/mol. The number of amides is 1. The Hall–Kier alpha value is -2.37. The highest BCUT2D eigenvalue weighted by Gasteiger charge is 2.30. The van der Waals surface area contributed by atoms with Crippen molar-refractivity contribution in [3.05, 3.63) is 88.3 Å². The molecule has 4 nitrogen and oxygen atoms in total. The summed E-state index contributed by atoms with van der Waals surface area (Å²) in [7, 11) is 0. The van der Waals surface area contributed by atoms with E-state index in [0.717, 1.165) is 27.0 Å². The van der Waals surface area contributed by atoms with Gasteiger partial charge in [0, 0.05) is 10.2 Å². The van der Waals surface area contributed by atoms with Gasteiger partial charge in [0.1, 0.15) is 5.76 Å². The maximum atomic E-state index is 12.5. The van der Waals surface area contributed by atoms with E-state index in [9.17, 15) is 4.79 Å². The van der Waals surface area contributed by atoms with Crippen molar-refractivity contribution in [3.63, 3.8) is 0 Å². The molecule has 126 valence electrons. The minimum atomic E-state index is -0.0438. The van der Waals surface area contributed by atoms with Crippen molar-refractivity contribution < 1.29 is 9.21 Å². The summed E-state index contributed by atoms with van der Waals surface area (Å²) in [6.07, 6.45) is 1.66. The molecule has 25 heavy (non-hydrogen) atoms. The van der Waals surface area contributed by atoms with Gasteiger partial charge < -0.3 is 9.73 Å². The van der Waals surface area contributed by atoms with Gasteiger partial charge in [-0.25, -0.2) is 0 Å². The number of rotatable bonds is 3. The highest BCUT2D eigenvalue weighted by Crippen LogP contribution is 2.37. The zero-order valence-electron chi connectivity index (χ0n) is 13.5. The first-order chi connectivity index (χ1) is 12.2. The number of hydrogen-bond acceptors (Lipinski definition) is 3. The Morgan fingerprint density at radius 2 is 1.96 bits per heavy atom. The van der Waals surface area contributed by atoms with Crippen molar-refractivity contribution in [3.8, 4) is 0 Å². The average Bonchev–Trinajstić information content (AvgIpc) is 3.06. The zero-order chi connectivity index (χ0) is 17.2. The van der Waals surface area contributed by atoms with Crippen LogP contribution in [0.15, 0.2) is 75.8 Å². The first-order valence-corrected chi connectivity index (χ1v) is 8.91. The third-order valence-corrected chi connectivity index (χ3v) is 4.84. The van der Waals surface area contributed by atoms with Crippen molar-refractivity contribution in [2.45, 2.75) is 12.6 Å². The third kappa shape index (κ3) is 3.38. The van der Waals surface area contributed by atoms with E-state index in [1.165, 1.54) is 0 Å². The fourth-order valence-electron chi connectivity index (χ4n) is 3.31. The SMILES string of the molecule is O=C1CN(Cc2ccco2)C(c2ccccc2)c2cc(Br)ccc2N1. The van der Waals surface area contributed by atoms with E-state index in [0.29, 0.717) is 13.1 Å². The van der Waals surface area contributed by atoms with Gasteiger partial charge in [-0.1, -0.05) is 46.3 Å². The quantitative estimate of drug-likeness (QED) is 0.704. The molecular weight excluding hydrogens is 380 g/mol. The molecular formula is C20H17BrN2O2. The number of carbonyl (C=O) groups is 1. The fraction of sp³-hybridized carbons (Fsp3) is 0.150. The summed E-state index contributed by atoms with van der Waals surface area (Å²) < 4.78 is 6.51. The van der Waals surface area contributed by atoms with Gasteiger partial charge >= 0.3 is 0 Å². The molecule has 5 heteroatoms. The summed E-state index contributed by atoms with van der Waals surface area (Å²) in [5.41, 5.74) is 3.06. The molecule has 4 rings (SSSR count). The lowest BCUT2D eigenvalue weighted by atomic mass is 9.96. The second-order valence-corrected chi connectivity index (χ2v) is 6.99. The van der Waals surface area contributed by atoms with Gasteiger partial charge in [0.25, 0.3) is 0 Å². The standard InChI is InChI=1S/C20H17BrN2O2/c21-15-8-9-18-17(11-15)20(14-5-2-1-3-6-14)23(13-19(24)22-18)12-16-7-4-10-25-16/h1-11,20H,12-13H2,(H,22,24). The smallest absolute Gasteiger partial charge is 0.238 e. The molecule has 1 aliphatic heterocycles. The maximum Gasteiger partial charge on any atom is 0.238 e. The molecule has 0 spiro atoms. The molecule has 0 radical (unpaired) electrons. The number of nitrogens with one attached hydrogen (secondary N) is 1. The zero-order valence-corrected chi connectivity index (χ0v) is 15.1. The minimum absolute atomic E-state index is 0.0199. The Labute approximate surface area is 154 Å². The van der Waals surface area contributed by atoms with Crippen LogP contribution in [0.5, 0.6) is 0 Å². The Balaban J connectivity index is 1.84. The normalized spacial score (nSPS) is 17.6. The van der Waals surface area contributed by atoms with E-state index < -0.39 is 0 Å². The van der Waals surface area contributed by atoms with Crippen molar-refractivity contribution in [2.24, 2.45) is 0 Å². The predicted molar refractivity (Wildman–Crippen MR) is 100 cm³/mol. The summed E-state index contributed by atoms with van der Waals surface area (Å²) in [6.45, 7) is 0.860. The molecule has 1 unspecified atom stereocenters. The van der Waals surface area contributed by atoms with Crippen molar-refractivity contribution in [2.75, 3.05) is 11.9 Å². The van der Waals surface area contributed by atoms with Crippen molar-refractivity contribution >= 4 is 27.5 Å². The van der Waals surface area contributed by atoms with Crippen LogP contribution in [-0.4, -0.2) is 17.4 Å². The topological polar surface area (TPSA) is 45.5 Å². The first-order valence-electron chi connectivity index (χ1n) is 8.11. The lowest BCUT2D eigenvalue weighted by Crippen LogP contribution is -2.33. The molecule has 0 fully saturated rings. The minimum Gasteiger partial charge on any atom is -0.468 e. The number of nitrogens with zero attached hydrogens (tertiary/aromatic N) is 1. The Kier molecular flexibility index (Phi) is 4.42. The third-order valence-electron chi connectivity index (χ3n) is 4.35. The summed E-state index contributed by atoms with van der Waals surface area (Å²) >= 11 is 3.56. The molecule has 0 aliphatic carbocycles. The summed E-state index contributed by atoms with van der Waals surface area (Å²) in [5, 5.41) is 3.03. The van der Waals surface area contributed by atoms with Gasteiger partial charge in [-0.15, -0.1) is 0 Å². The van der Waals surface area contributed by atoms with E-state index in [4.69, 9.17) is 4.42 Å². The van der Waals surface area contributed by atoms with Crippen molar-refractivity contribution in [1.29, 1.82) is 0 Å². The largest absolute Gasteiger partial charge is 0.468 e. The van der Waals surface area contributed by atoms with Gasteiger partial charge in [-0.2, -0.15) is 0 Å². The highest BCUT2D eigenvalue weighted by atomic mass is 79.9. The van der Waals surface area contributed by atoms with Gasteiger partial charge in [-0.3, -0.25) is 9.69 Å². The number of halogens is 1. The summed E-state index contributed by atoms with van der Waals surface area (Å²) in [6, 6.07) is 20.0. The Morgan fingerprint density at radius 1 is 1.12 bits per heavy atom. The van der Waals surface area contributed by atoms with E-state index >= 15 is 0 Å². The van der Waals surface area contributed by atoms with E-state index in [2.05, 4.69) is 44.3 Å². The number of benzene rings is 2. The number of anilines is 1. The summed E-state index contributed by atoms with van der Waals surface area (Å²) in [4.78, 5) is 14.6. The van der Waals surface area contributed by atoms with Crippen molar-refractivity contribution in [1.82, 2.24) is 4.90 Å². The molecule has 1 aromatic heterocycles. The maximum absolute atomic E-state index is 12.5. The molecule has 1 N–H and O–H groups in total. The molecule has 0 bridgehead atoms. The first kappa shape index (κ1) is 16.1. The van der Waals surface area contributed by atoms with Crippen LogP contribution in [0.3, 0.4) is 0 Å². The number of hydrogen-bond donors (Lipinski definition) is 1. The number of fused-ring (bicyclic) bond motifs is 1. The second-order valence-electron chi connectivity index (χ2n) is 6.08. The van der Waals surface area contributed by atoms with E-state index in [-0.39, 0.29) is 11.9 Å². The van der Waals surface area contributed by atoms with E-state index in [1.54, 1.807) is 6.26 Å². The highest BCUT2D eigenvalue weighted by molar-refractivity contribution is 9.10. The lowest BCUT2D eigenvalue weighted by Gasteiger charge is -2.29. The van der Waals surface area contributed by atoms with Crippen LogP contribution in [0.4, 0.5) is 5.69 Å². The Morgan fingerprint density at radius 3 is 2.72 bits per heavy atom. The van der Waals surface area contributed by atoms with Crippen LogP contribution in [-0.2, 0) is 11.3 Å². The molecule has 1 atom stereocenters. The molecule has 2 aromatic carbocycles. The van der Waals surface area contributed by atoms with Crippen LogP contribution >= 0.6 is 15.9 Å². The van der Waals surface area contributed by atoms with Crippen LogP contribution < -0.4 is 5.32 Å². The fourth-order valence-corrected chi connectivity index (χ4v) is 3.69. The molecule has 0 saturated heterocycles. The van der Waals surface area contributed by atoms with Crippen LogP contribution in [0.25, 0.3) is 0 Å². The lowest BCUT2D eigenvalue weighted by molar-refractivity contribution is -0.117. The number of furan rings is 1.